The molecule has 194 valence electrons. The monoisotopic (exact) mass is 523 g/mol. The number of rotatable bonds is 18. The molecule has 0 aromatic heterocycles. The van der Waals surface area contributed by atoms with Crippen molar-refractivity contribution in [2.24, 2.45) is 11.5 Å². The van der Waals surface area contributed by atoms with Gasteiger partial charge in [0.15, 0.2) is 0 Å². The fraction of sp³-hybridized carbons (Fsp3) is 0.684. The third kappa shape index (κ3) is 13.3. The molecule has 0 spiro atoms. The van der Waals surface area contributed by atoms with Gasteiger partial charge in [-0.2, -0.15) is 23.5 Å². The van der Waals surface area contributed by atoms with Gasteiger partial charge in [0, 0.05) is 6.42 Å². The first-order chi connectivity index (χ1) is 15.9. The minimum absolute atomic E-state index is 0.0845. The fourth-order valence-electron chi connectivity index (χ4n) is 2.63. The van der Waals surface area contributed by atoms with Crippen molar-refractivity contribution in [3.8, 4) is 0 Å². The Bertz CT molecular complexity index is 739. The largest absolute Gasteiger partial charge is 0.481 e. The molecule has 0 saturated heterocycles. The molecule has 4 atom stereocenters. The van der Waals surface area contributed by atoms with Crippen molar-refractivity contribution in [2.75, 3.05) is 24.0 Å². The summed E-state index contributed by atoms with van der Waals surface area (Å²) >= 11 is 2.83. The van der Waals surface area contributed by atoms with Crippen molar-refractivity contribution in [3.05, 3.63) is 0 Å². The molecular formula is C19H33N5O8S2. The summed E-state index contributed by atoms with van der Waals surface area (Å²) in [5, 5.41) is 25.3. The molecule has 4 unspecified atom stereocenters. The van der Waals surface area contributed by atoms with Crippen molar-refractivity contribution in [3.63, 3.8) is 0 Å². The number of primary amides is 1. The zero-order valence-electron chi connectivity index (χ0n) is 19.1. The fourth-order valence-corrected chi connectivity index (χ4v) is 3.59. The molecule has 0 rings (SSSR count). The van der Waals surface area contributed by atoms with Gasteiger partial charge in [-0.15, -0.1) is 0 Å². The van der Waals surface area contributed by atoms with Gasteiger partial charge >= 0.3 is 11.9 Å². The second-order valence-electron chi connectivity index (χ2n) is 7.29. The SMILES string of the molecule is CSCCC(N)C(=O)NC(CCC(N)=O)C(=O)NC(CC(=O)O)C(=O)NC(CCSC)C(=O)O. The molecule has 15 heteroatoms. The molecule has 0 radical (unpaired) electrons. The van der Waals surface area contributed by atoms with Crippen LogP contribution in [0.25, 0.3) is 0 Å². The first-order valence-electron chi connectivity index (χ1n) is 10.3. The summed E-state index contributed by atoms with van der Waals surface area (Å²) in [7, 11) is 0. The lowest BCUT2D eigenvalue weighted by Crippen LogP contribution is -2.57. The van der Waals surface area contributed by atoms with Crippen LogP contribution >= 0.6 is 23.5 Å². The lowest BCUT2D eigenvalue weighted by molar-refractivity contribution is -0.143. The van der Waals surface area contributed by atoms with Gasteiger partial charge in [-0.1, -0.05) is 0 Å². The van der Waals surface area contributed by atoms with E-state index in [1.54, 1.807) is 6.26 Å². The van der Waals surface area contributed by atoms with Gasteiger partial charge in [0.25, 0.3) is 0 Å². The molecular weight excluding hydrogens is 490 g/mol. The van der Waals surface area contributed by atoms with Crippen molar-refractivity contribution in [2.45, 2.75) is 56.3 Å². The van der Waals surface area contributed by atoms with Gasteiger partial charge in [0.05, 0.1) is 12.5 Å². The van der Waals surface area contributed by atoms with Gasteiger partial charge < -0.3 is 37.6 Å². The molecule has 0 aromatic rings. The van der Waals surface area contributed by atoms with E-state index in [1.165, 1.54) is 23.5 Å². The molecule has 34 heavy (non-hydrogen) atoms. The lowest BCUT2D eigenvalue weighted by Gasteiger charge is -2.24. The average Bonchev–Trinajstić information content (AvgIpc) is 2.75. The van der Waals surface area contributed by atoms with Crippen molar-refractivity contribution >= 4 is 59.1 Å². The predicted octanol–water partition coefficient (Wildman–Crippen LogP) is -1.90. The summed E-state index contributed by atoms with van der Waals surface area (Å²) in [6.45, 7) is 0. The highest BCUT2D eigenvalue weighted by Gasteiger charge is 2.31. The van der Waals surface area contributed by atoms with Gasteiger partial charge in [-0.3, -0.25) is 24.0 Å². The molecule has 0 aliphatic rings. The molecule has 0 heterocycles. The van der Waals surface area contributed by atoms with Crippen LogP contribution in [0.5, 0.6) is 0 Å². The van der Waals surface area contributed by atoms with Crippen LogP contribution in [0.4, 0.5) is 0 Å². The second kappa shape index (κ2) is 17.0. The van der Waals surface area contributed by atoms with E-state index >= 15 is 0 Å². The van der Waals surface area contributed by atoms with E-state index in [0.29, 0.717) is 17.9 Å². The molecule has 13 nitrogen and oxygen atoms in total. The number of carboxylic acid groups (broad SMARTS) is 2. The van der Waals surface area contributed by atoms with E-state index in [-0.39, 0.29) is 19.3 Å². The number of thioether (sulfide) groups is 2. The maximum Gasteiger partial charge on any atom is 0.326 e. The first-order valence-corrected chi connectivity index (χ1v) is 13.1. The van der Waals surface area contributed by atoms with Gasteiger partial charge in [0.2, 0.25) is 23.6 Å². The smallest absolute Gasteiger partial charge is 0.326 e. The molecule has 0 fully saturated rings. The highest BCUT2D eigenvalue weighted by molar-refractivity contribution is 7.98. The Morgan fingerprint density at radius 2 is 1.26 bits per heavy atom. The summed E-state index contributed by atoms with van der Waals surface area (Å²) in [6, 6.07) is -5.16. The number of hydrogen-bond acceptors (Lipinski definition) is 9. The van der Waals surface area contributed by atoms with Gasteiger partial charge in [-0.05, 0) is 43.3 Å². The minimum atomic E-state index is -1.63. The Hall–Kier alpha value is -2.52. The quantitative estimate of drug-likeness (QED) is 0.105. The summed E-state index contributed by atoms with van der Waals surface area (Å²) in [6.07, 6.45) is 2.67. The number of nitrogens with two attached hydrogens (primary N) is 2. The number of nitrogens with one attached hydrogen (secondary N) is 3. The predicted molar refractivity (Wildman–Crippen MR) is 128 cm³/mol. The minimum Gasteiger partial charge on any atom is -0.481 e. The van der Waals surface area contributed by atoms with Gasteiger partial charge in [-0.25, -0.2) is 4.79 Å². The van der Waals surface area contributed by atoms with Crippen LogP contribution < -0.4 is 27.4 Å². The normalized spacial score (nSPS) is 14.2. The average molecular weight is 524 g/mol. The van der Waals surface area contributed by atoms with Crippen LogP contribution in [0.3, 0.4) is 0 Å². The topological polar surface area (TPSA) is 231 Å². The van der Waals surface area contributed by atoms with E-state index in [1.807, 2.05) is 6.26 Å². The summed E-state index contributed by atoms with van der Waals surface area (Å²) in [5.41, 5.74) is 10.9. The van der Waals surface area contributed by atoms with Crippen molar-refractivity contribution in [1.82, 2.24) is 16.0 Å². The zero-order valence-corrected chi connectivity index (χ0v) is 20.7. The number of carbonyl (C=O) groups excluding carboxylic acids is 4. The molecule has 4 amide bonds. The Morgan fingerprint density at radius 3 is 1.76 bits per heavy atom. The van der Waals surface area contributed by atoms with Crippen LogP contribution in [-0.2, 0) is 28.8 Å². The van der Waals surface area contributed by atoms with E-state index in [9.17, 15) is 33.9 Å². The maximum absolute atomic E-state index is 12.8. The third-order valence-electron chi connectivity index (χ3n) is 4.52. The third-order valence-corrected chi connectivity index (χ3v) is 5.81. The van der Waals surface area contributed by atoms with Crippen LogP contribution in [0, 0.1) is 0 Å². The Kier molecular flexibility index (Phi) is 15.7. The Balaban J connectivity index is 5.50. The van der Waals surface area contributed by atoms with Crippen LogP contribution in [-0.4, -0.2) is 94.0 Å². The number of amides is 4. The van der Waals surface area contributed by atoms with Crippen molar-refractivity contribution < 1.29 is 39.0 Å². The first kappa shape index (κ1) is 31.5. The maximum atomic E-state index is 12.8. The second-order valence-corrected chi connectivity index (χ2v) is 9.27. The molecule has 0 aromatic carbocycles. The highest BCUT2D eigenvalue weighted by atomic mass is 32.2. The standard InChI is InChI=1S/C19H33N5O8S2/c1-33-7-5-10(20)16(28)22-11(3-4-14(21)25)17(29)24-13(9-15(26)27)18(30)23-12(19(31)32)6-8-34-2/h10-13H,3-9,20H2,1-2H3,(H2,21,25)(H,22,28)(H,23,30)(H,24,29)(H,26,27)(H,31,32). The molecule has 0 aliphatic heterocycles. The Labute approximate surface area is 205 Å². The molecule has 0 aliphatic carbocycles. The number of hydrogen-bond donors (Lipinski definition) is 7. The van der Waals surface area contributed by atoms with Crippen LogP contribution in [0.15, 0.2) is 0 Å². The van der Waals surface area contributed by atoms with E-state index < -0.39 is 66.2 Å². The molecule has 9 N–H and O–H groups in total. The summed E-state index contributed by atoms with van der Waals surface area (Å²) in [4.78, 5) is 71.5. The van der Waals surface area contributed by atoms with Crippen molar-refractivity contribution in [1.29, 1.82) is 0 Å². The lowest BCUT2D eigenvalue weighted by atomic mass is 10.1. The molecule has 0 saturated carbocycles. The number of carboxylic acids is 2. The summed E-state index contributed by atoms with van der Waals surface area (Å²) in [5.74, 6) is -5.08. The Morgan fingerprint density at radius 1 is 0.765 bits per heavy atom. The van der Waals surface area contributed by atoms with E-state index in [4.69, 9.17) is 16.6 Å². The highest BCUT2D eigenvalue weighted by Crippen LogP contribution is 2.06. The van der Waals surface area contributed by atoms with Crippen LogP contribution in [0.1, 0.15) is 32.1 Å². The molecule has 0 bridgehead atoms. The number of aliphatic carboxylic acids is 2. The van der Waals surface area contributed by atoms with E-state index in [0.717, 1.165) is 0 Å². The zero-order chi connectivity index (χ0) is 26.3. The van der Waals surface area contributed by atoms with Gasteiger partial charge in [0.1, 0.15) is 18.1 Å². The summed E-state index contributed by atoms with van der Waals surface area (Å²) < 4.78 is 0. The van der Waals surface area contributed by atoms with E-state index in [2.05, 4.69) is 16.0 Å². The van der Waals surface area contributed by atoms with Crippen LogP contribution in [0.2, 0.25) is 0 Å². The number of carbonyl (C=O) groups is 6.